The lowest BCUT2D eigenvalue weighted by Crippen LogP contribution is -2.37. The maximum atomic E-state index is 12.1. The van der Waals surface area contributed by atoms with Crippen LogP contribution in [-0.2, 0) is 11.2 Å². The molecule has 21 heavy (non-hydrogen) atoms. The lowest BCUT2D eigenvalue weighted by atomic mass is 10.1. The fraction of sp³-hybridized carbons (Fsp3) is 0.133. The number of halogens is 2. The molecule has 6 heteroatoms. The van der Waals surface area contributed by atoms with Crippen molar-refractivity contribution < 1.29 is 9.90 Å². The maximum Gasteiger partial charge on any atom is 0.241 e. The predicted molar refractivity (Wildman–Crippen MR) is 84.9 cm³/mol. The summed E-state index contributed by atoms with van der Waals surface area (Å²) in [5.41, 5.74) is 7.15. The number of hydrogen-bond acceptors (Lipinski definition) is 3. The number of amides is 1. The summed E-state index contributed by atoms with van der Waals surface area (Å²) in [5.74, 6) is -0.185. The summed E-state index contributed by atoms with van der Waals surface area (Å²) in [5, 5.41) is 12.7. The molecule has 0 aliphatic rings. The van der Waals surface area contributed by atoms with Crippen LogP contribution in [0.4, 0.5) is 5.69 Å². The zero-order valence-corrected chi connectivity index (χ0v) is 12.5. The molecule has 0 saturated carbocycles. The minimum Gasteiger partial charge on any atom is -0.508 e. The number of aromatic hydroxyl groups is 1. The van der Waals surface area contributed by atoms with Crippen molar-refractivity contribution in [2.75, 3.05) is 5.32 Å². The average Bonchev–Trinajstić information content (AvgIpc) is 2.45. The van der Waals surface area contributed by atoms with Gasteiger partial charge in [0.2, 0.25) is 5.91 Å². The number of rotatable bonds is 4. The highest BCUT2D eigenvalue weighted by Crippen LogP contribution is 2.25. The van der Waals surface area contributed by atoms with E-state index in [-0.39, 0.29) is 11.7 Å². The first-order chi connectivity index (χ1) is 9.95. The summed E-state index contributed by atoms with van der Waals surface area (Å²) >= 11 is 11.8. The Kier molecular flexibility index (Phi) is 5.07. The van der Waals surface area contributed by atoms with Crippen LogP contribution < -0.4 is 11.1 Å². The zero-order chi connectivity index (χ0) is 15.4. The number of anilines is 1. The molecule has 0 saturated heterocycles. The molecule has 1 atom stereocenters. The fourth-order valence-electron chi connectivity index (χ4n) is 1.80. The molecule has 2 aromatic rings. The van der Waals surface area contributed by atoms with Gasteiger partial charge in [0.1, 0.15) is 5.75 Å². The van der Waals surface area contributed by atoms with Crippen LogP contribution in [0.1, 0.15) is 5.56 Å². The quantitative estimate of drug-likeness (QED) is 0.808. The summed E-state index contributed by atoms with van der Waals surface area (Å²) < 4.78 is 0. The fourth-order valence-corrected chi connectivity index (χ4v) is 2.13. The first-order valence-corrected chi connectivity index (χ1v) is 7.00. The zero-order valence-electron chi connectivity index (χ0n) is 11.0. The van der Waals surface area contributed by atoms with Gasteiger partial charge in [-0.3, -0.25) is 4.79 Å². The van der Waals surface area contributed by atoms with Crippen molar-refractivity contribution >= 4 is 34.8 Å². The van der Waals surface area contributed by atoms with Crippen LogP contribution in [0.3, 0.4) is 0 Å². The van der Waals surface area contributed by atoms with Crippen LogP contribution in [0.2, 0.25) is 10.0 Å². The maximum absolute atomic E-state index is 12.1. The van der Waals surface area contributed by atoms with Crippen molar-refractivity contribution in [1.29, 1.82) is 0 Å². The molecule has 0 heterocycles. The molecule has 0 aliphatic carbocycles. The Balaban J connectivity index is 2.02. The summed E-state index contributed by atoms with van der Waals surface area (Å²) in [6.45, 7) is 0. The lowest BCUT2D eigenvalue weighted by molar-refractivity contribution is -0.117. The highest BCUT2D eigenvalue weighted by atomic mass is 35.5. The second-order valence-corrected chi connectivity index (χ2v) is 5.43. The van der Waals surface area contributed by atoms with Crippen LogP contribution in [0, 0.1) is 0 Å². The Morgan fingerprint density at radius 3 is 2.52 bits per heavy atom. The van der Waals surface area contributed by atoms with E-state index in [0.717, 1.165) is 5.56 Å². The third-order valence-electron chi connectivity index (χ3n) is 2.92. The number of hydrogen-bond donors (Lipinski definition) is 3. The molecule has 0 radical (unpaired) electrons. The molecular formula is C15H14Cl2N2O2. The topological polar surface area (TPSA) is 75.3 Å². The molecule has 0 spiro atoms. The number of carbonyl (C=O) groups excluding carboxylic acids is 1. The molecule has 0 bridgehead atoms. The molecular weight excluding hydrogens is 311 g/mol. The van der Waals surface area contributed by atoms with E-state index < -0.39 is 6.04 Å². The Labute approximate surface area is 132 Å². The molecule has 0 unspecified atom stereocenters. The normalized spacial score (nSPS) is 12.0. The average molecular weight is 325 g/mol. The van der Waals surface area contributed by atoms with E-state index in [1.54, 1.807) is 42.5 Å². The van der Waals surface area contributed by atoms with E-state index >= 15 is 0 Å². The number of phenols is 1. The Morgan fingerprint density at radius 2 is 1.86 bits per heavy atom. The molecule has 1 amide bonds. The number of benzene rings is 2. The predicted octanol–water partition coefficient (Wildman–Crippen LogP) is 3.21. The molecule has 2 rings (SSSR count). The largest absolute Gasteiger partial charge is 0.508 e. The molecule has 110 valence electrons. The Hall–Kier alpha value is -1.75. The monoisotopic (exact) mass is 324 g/mol. The van der Waals surface area contributed by atoms with Crippen molar-refractivity contribution in [3.05, 3.63) is 58.1 Å². The van der Waals surface area contributed by atoms with Gasteiger partial charge in [-0.15, -0.1) is 0 Å². The number of nitrogens with one attached hydrogen (secondary N) is 1. The number of carbonyl (C=O) groups is 1. The van der Waals surface area contributed by atoms with Gasteiger partial charge in [0.05, 0.1) is 16.8 Å². The third kappa shape index (κ3) is 4.36. The third-order valence-corrected chi connectivity index (χ3v) is 3.48. The first kappa shape index (κ1) is 15.6. The van der Waals surface area contributed by atoms with Gasteiger partial charge in [-0.05, 0) is 42.3 Å². The minimum atomic E-state index is -0.732. The van der Waals surface area contributed by atoms with Gasteiger partial charge in [0.25, 0.3) is 0 Å². The first-order valence-electron chi connectivity index (χ1n) is 6.25. The second kappa shape index (κ2) is 6.80. The SMILES string of the molecule is N[C@H](Cc1ccc(O)cc1)C(=O)Nc1cc(Cl)ccc1Cl. The lowest BCUT2D eigenvalue weighted by Gasteiger charge is -2.13. The van der Waals surface area contributed by atoms with E-state index in [4.69, 9.17) is 28.9 Å². The summed E-state index contributed by atoms with van der Waals surface area (Å²) in [6.07, 6.45) is 0.351. The van der Waals surface area contributed by atoms with Gasteiger partial charge >= 0.3 is 0 Å². The van der Waals surface area contributed by atoms with Crippen LogP contribution in [-0.4, -0.2) is 17.1 Å². The number of phenolic OH excluding ortho intramolecular Hbond substituents is 1. The van der Waals surface area contributed by atoms with E-state index in [0.29, 0.717) is 22.2 Å². The van der Waals surface area contributed by atoms with Gasteiger partial charge in [0, 0.05) is 5.02 Å². The summed E-state index contributed by atoms with van der Waals surface area (Å²) in [6, 6.07) is 10.6. The highest BCUT2D eigenvalue weighted by Gasteiger charge is 2.15. The van der Waals surface area contributed by atoms with E-state index in [1.165, 1.54) is 0 Å². The van der Waals surface area contributed by atoms with Gasteiger partial charge in [-0.25, -0.2) is 0 Å². The van der Waals surface area contributed by atoms with Crippen LogP contribution in [0.5, 0.6) is 5.75 Å². The highest BCUT2D eigenvalue weighted by molar-refractivity contribution is 6.35. The van der Waals surface area contributed by atoms with Gasteiger partial charge in [-0.1, -0.05) is 35.3 Å². The standard InChI is InChI=1S/C15H14Cl2N2O2/c16-10-3-6-12(17)14(8-10)19-15(21)13(18)7-9-1-4-11(20)5-2-9/h1-6,8,13,20H,7,18H2,(H,19,21)/t13-/m1/s1. The van der Waals surface area contributed by atoms with Crippen LogP contribution in [0.15, 0.2) is 42.5 Å². The van der Waals surface area contributed by atoms with Crippen molar-refractivity contribution in [1.82, 2.24) is 0 Å². The van der Waals surface area contributed by atoms with E-state index in [1.807, 2.05) is 0 Å². The molecule has 0 aliphatic heterocycles. The Morgan fingerprint density at radius 1 is 1.19 bits per heavy atom. The van der Waals surface area contributed by atoms with Gasteiger partial charge in [0.15, 0.2) is 0 Å². The van der Waals surface area contributed by atoms with Crippen LogP contribution >= 0.6 is 23.2 Å². The van der Waals surface area contributed by atoms with E-state index in [9.17, 15) is 9.90 Å². The number of nitrogens with two attached hydrogens (primary N) is 1. The van der Waals surface area contributed by atoms with Gasteiger partial charge < -0.3 is 16.2 Å². The van der Waals surface area contributed by atoms with Crippen molar-refractivity contribution in [2.45, 2.75) is 12.5 Å². The molecule has 0 fully saturated rings. The Bertz CT molecular complexity index is 645. The molecule has 0 aromatic heterocycles. The van der Waals surface area contributed by atoms with E-state index in [2.05, 4.69) is 5.32 Å². The van der Waals surface area contributed by atoms with Crippen molar-refractivity contribution in [2.24, 2.45) is 5.73 Å². The summed E-state index contributed by atoms with van der Waals surface area (Å²) in [7, 11) is 0. The van der Waals surface area contributed by atoms with Crippen molar-refractivity contribution in [3.63, 3.8) is 0 Å². The minimum absolute atomic E-state index is 0.169. The molecule has 4 nitrogen and oxygen atoms in total. The molecule has 4 N–H and O–H groups in total. The van der Waals surface area contributed by atoms with Crippen LogP contribution in [0.25, 0.3) is 0 Å². The van der Waals surface area contributed by atoms with Crippen molar-refractivity contribution in [3.8, 4) is 5.75 Å². The van der Waals surface area contributed by atoms with Gasteiger partial charge in [-0.2, -0.15) is 0 Å². The summed E-state index contributed by atoms with van der Waals surface area (Å²) in [4.78, 5) is 12.1. The second-order valence-electron chi connectivity index (χ2n) is 4.59. The molecule has 2 aromatic carbocycles. The smallest absolute Gasteiger partial charge is 0.241 e.